The Labute approximate surface area is 105 Å². The highest BCUT2D eigenvalue weighted by molar-refractivity contribution is 7.98. The van der Waals surface area contributed by atoms with Gasteiger partial charge in [-0.15, -0.1) is 11.8 Å². The molecule has 2 rings (SSSR count). The number of nitrogens with zero attached hydrogens (tertiary/aromatic N) is 2. The summed E-state index contributed by atoms with van der Waals surface area (Å²) in [4.78, 5) is 5.45. The van der Waals surface area contributed by atoms with Gasteiger partial charge in [-0.05, 0) is 26.0 Å². The molecule has 0 spiro atoms. The summed E-state index contributed by atoms with van der Waals surface area (Å²) in [5, 5.41) is 6.89. The standard InChI is InChI=1S/C12H15N3OS/c1-3-13-12-14-11(15-16-12)8-17-10-6-4-5-9(2)7-10/h4-7H,3,8H2,1-2H3,(H,13,14,15). The topological polar surface area (TPSA) is 51.0 Å². The minimum absolute atomic E-state index is 0.493. The zero-order valence-corrected chi connectivity index (χ0v) is 10.8. The summed E-state index contributed by atoms with van der Waals surface area (Å²) >= 11 is 1.71. The highest BCUT2D eigenvalue weighted by atomic mass is 32.2. The molecule has 0 saturated heterocycles. The number of rotatable bonds is 5. The molecule has 1 aromatic carbocycles. The first kappa shape index (κ1) is 12.0. The van der Waals surface area contributed by atoms with E-state index in [0.717, 1.165) is 12.3 Å². The van der Waals surface area contributed by atoms with Crippen molar-refractivity contribution in [1.82, 2.24) is 10.1 Å². The summed E-state index contributed by atoms with van der Waals surface area (Å²) in [6.07, 6.45) is 0. The van der Waals surface area contributed by atoms with Gasteiger partial charge in [0, 0.05) is 11.4 Å². The number of aromatic nitrogens is 2. The van der Waals surface area contributed by atoms with Crippen LogP contribution in [0.4, 0.5) is 6.01 Å². The number of hydrogen-bond donors (Lipinski definition) is 1. The van der Waals surface area contributed by atoms with Crippen LogP contribution in [-0.4, -0.2) is 16.7 Å². The van der Waals surface area contributed by atoms with Crippen LogP contribution in [0.5, 0.6) is 0 Å². The Balaban J connectivity index is 1.93. The van der Waals surface area contributed by atoms with Gasteiger partial charge in [0.2, 0.25) is 0 Å². The van der Waals surface area contributed by atoms with Crippen LogP contribution in [0.1, 0.15) is 18.3 Å². The van der Waals surface area contributed by atoms with Crippen molar-refractivity contribution in [1.29, 1.82) is 0 Å². The molecule has 2 aromatic rings. The fourth-order valence-electron chi connectivity index (χ4n) is 1.39. The fourth-order valence-corrected chi connectivity index (χ4v) is 2.25. The molecule has 0 atom stereocenters. The lowest BCUT2D eigenvalue weighted by Gasteiger charge is -1.99. The maximum atomic E-state index is 5.03. The summed E-state index contributed by atoms with van der Waals surface area (Å²) in [6, 6.07) is 8.87. The van der Waals surface area contributed by atoms with Crippen molar-refractivity contribution >= 4 is 17.8 Å². The third-order valence-corrected chi connectivity index (χ3v) is 3.14. The Hall–Kier alpha value is -1.49. The third kappa shape index (κ3) is 3.49. The summed E-state index contributed by atoms with van der Waals surface area (Å²) in [5.74, 6) is 1.44. The third-order valence-electron chi connectivity index (χ3n) is 2.15. The van der Waals surface area contributed by atoms with E-state index in [1.165, 1.54) is 10.5 Å². The molecule has 0 bridgehead atoms. The zero-order valence-electron chi connectivity index (χ0n) is 9.93. The molecular weight excluding hydrogens is 234 g/mol. The van der Waals surface area contributed by atoms with Crippen LogP contribution < -0.4 is 5.32 Å². The molecule has 0 radical (unpaired) electrons. The summed E-state index contributed by atoms with van der Waals surface area (Å²) in [6.45, 7) is 4.86. The Morgan fingerprint density at radius 3 is 3.06 bits per heavy atom. The van der Waals surface area contributed by atoms with Crippen molar-refractivity contribution in [2.24, 2.45) is 0 Å². The van der Waals surface area contributed by atoms with E-state index in [1.807, 2.05) is 6.92 Å². The Bertz CT molecular complexity index is 484. The van der Waals surface area contributed by atoms with Crippen LogP contribution in [0.25, 0.3) is 0 Å². The first-order chi connectivity index (χ1) is 8.28. The number of aryl methyl sites for hydroxylation is 1. The highest BCUT2D eigenvalue weighted by Gasteiger charge is 2.05. The van der Waals surface area contributed by atoms with E-state index in [0.29, 0.717) is 11.8 Å². The predicted molar refractivity (Wildman–Crippen MR) is 69.2 cm³/mol. The van der Waals surface area contributed by atoms with E-state index in [1.54, 1.807) is 11.8 Å². The lowest BCUT2D eigenvalue weighted by Crippen LogP contribution is -1.96. The van der Waals surface area contributed by atoms with E-state index in [4.69, 9.17) is 4.52 Å². The van der Waals surface area contributed by atoms with Crippen molar-refractivity contribution in [3.05, 3.63) is 35.7 Å². The quantitative estimate of drug-likeness (QED) is 0.825. The molecule has 4 nitrogen and oxygen atoms in total. The number of thioether (sulfide) groups is 1. The maximum Gasteiger partial charge on any atom is 0.321 e. The predicted octanol–water partition coefficient (Wildman–Crippen LogP) is 3.10. The molecule has 0 aliphatic rings. The van der Waals surface area contributed by atoms with Crippen LogP contribution in [0.15, 0.2) is 33.7 Å². The number of nitrogens with one attached hydrogen (secondary N) is 1. The van der Waals surface area contributed by atoms with Gasteiger partial charge in [0.15, 0.2) is 5.82 Å². The molecule has 1 aromatic heterocycles. The molecule has 0 aliphatic heterocycles. The lowest BCUT2D eigenvalue weighted by atomic mass is 10.2. The molecule has 17 heavy (non-hydrogen) atoms. The number of benzene rings is 1. The van der Waals surface area contributed by atoms with Crippen molar-refractivity contribution in [3.63, 3.8) is 0 Å². The van der Waals surface area contributed by atoms with Gasteiger partial charge in [0.05, 0.1) is 5.75 Å². The molecule has 1 N–H and O–H groups in total. The first-order valence-corrected chi connectivity index (χ1v) is 6.52. The van der Waals surface area contributed by atoms with Gasteiger partial charge in [-0.3, -0.25) is 0 Å². The van der Waals surface area contributed by atoms with Gasteiger partial charge < -0.3 is 9.84 Å². The Kier molecular flexibility index (Phi) is 4.03. The molecule has 0 unspecified atom stereocenters. The van der Waals surface area contributed by atoms with E-state index in [-0.39, 0.29) is 0 Å². The van der Waals surface area contributed by atoms with Crippen LogP contribution in [0.3, 0.4) is 0 Å². The first-order valence-electron chi connectivity index (χ1n) is 5.54. The fraction of sp³-hybridized carbons (Fsp3) is 0.333. The van der Waals surface area contributed by atoms with Crippen molar-refractivity contribution in [3.8, 4) is 0 Å². The van der Waals surface area contributed by atoms with Crippen molar-refractivity contribution in [2.45, 2.75) is 24.5 Å². The number of hydrogen-bond acceptors (Lipinski definition) is 5. The van der Waals surface area contributed by atoms with Gasteiger partial charge in [-0.2, -0.15) is 4.98 Å². The molecule has 0 aliphatic carbocycles. The van der Waals surface area contributed by atoms with Crippen LogP contribution in [0.2, 0.25) is 0 Å². The lowest BCUT2D eigenvalue weighted by molar-refractivity contribution is 0.425. The van der Waals surface area contributed by atoms with Gasteiger partial charge in [0.25, 0.3) is 0 Å². The SMILES string of the molecule is CCNc1nc(CSc2cccc(C)c2)no1. The van der Waals surface area contributed by atoms with Crippen molar-refractivity contribution < 1.29 is 4.52 Å². The largest absolute Gasteiger partial charge is 0.338 e. The average Bonchev–Trinajstić information content (AvgIpc) is 2.75. The van der Waals surface area contributed by atoms with Gasteiger partial charge in [-0.1, -0.05) is 22.9 Å². The smallest absolute Gasteiger partial charge is 0.321 e. The van der Waals surface area contributed by atoms with Crippen LogP contribution >= 0.6 is 11.8 Å². The molecule has 1 heterocycles. The Morgan fingerprint density at radius 2 is 2.29 bits per heavy atom. The van der Waals surface area contributed by atoms with Crippen molar-refractivity contribution in [2.75, 3.05) is 11.9 Å². The second-order valence-electron chi connectivity index (χ2n) is 3.65. The van der Waals surface area contributed by atoms with Crippen LogP contribution in [0, 0.1) is 6.92 Å². The molecule has 0 saturated carbocycles. The van der Waals surface area contributed by atoms with Crippen LogP contribution in [-0.2, 0) is 5.75 Å². The second-order valence-corrected chi connectivity index (χ2v) is 4.70. The van der Waals surface area contributed by atoms with E-state index < -0.39 is 0 Å². The maximum absolute atomic E-state index is 5.03. The molecule has 90 valence electrons. The summed E-state index contributed by atoms with van der Waals surface area (Å²) in [5.41, 5.74) is 1.26. The number of anilines is 1. The molecule has 5 heteroatoms. The zero-order chi connectivity index (χ0) is 12.1. The minimum Gasteiger partial charge on any atom is -0.338 e. The monoisotopic (exact) mass is 249 g/mol. The molecule has 0 amide bonds. The van der Waals surface area contributed by atoms with Gasteiger partial charge in [0.1, 0.15) is 0 Å². The average molecular weight is 249 g/mol. The molecule has 0 fully saturated rings. The van der Waals surface area contributed by atoms with Gasteiger partial charge >= 0.3 is 6.01 Å². The Morgan fingerprint density at radius 1 is 1.41 bits per heavy atom. The highest BCUT2D eigenvalue weighted by Crippen LogP contribution is 2.22. The van der Waals surface area contributed by atoms with E-state index >= 15 is 0 Å². The summed E-state index contributed by atoms with van der Waals surface area (Å²) in [7, 11) is 0. The molecular formula is C12H15N3OS. The van der Waals surface area contributed by atoms with E-state index in [2.05, 4.69) is 46.6 Å². The van der Waals surface area contributed by atoms with E-state index in [9.17, 15) is 0 Å². The summed E-state index contributed by atoms with van der Waals surface area (Å²) < 4.78 is 5.03. The van der Waals surface area contributed by atoms with Gasteiger partial charge in [-0.25, -0.2) is 0 Å². The minimum atomic E-state index is 0.493. The second kappa shape index (κ2) is 5.72. The normalized spacial score (nSPS) is 10.5.